The van der Waals surface area contributed by atoms with E-state index in [-0.39, 0.29) is 28.7 Å². The van der Waals surface area contributed by atoms with Crippen LogP contribution in [0, 0.1) is 12.3 Å². The van der Waals surface area contributed by atoms with Crippen LogP contribution in [0.5, 0.6) is 5.75 Å². The number of aryl methyl sites for hydroxylation is 1. The van der Waals surface area contributed by atoms with Crippen molar-refractivity contribution >= 4 is 46.2 Å². The molecule has 2 aromatic heterocycles. The number of phenolic OH excluding ortho intramolecular Hbond substituents is 1. The van der Waals surface area contributed by atoms with Crippen molar-refractivity contribution in [3.8, 4) is 5.75 Å². The highest BCUT2D eigenvalue weighted by Gasteiger charge is 2.30. The maximum Gasteiger partial charge on any atom is 0.257 e. The van der Waals surface area contributed by atoms with Gasteiger partial charge in [0.25, 0.3) is 5.91 Å². The van der Waals surface area contributed by atoms with Crippen molar-refractivity contribution in [2.24, 2.45) is 5.41 Å². The fraction of sp³-hybridized carbons (Fsp3) is 0.375. The molecule has 0 saturated carbocycles. The molecule has 1 aliphatic heterocycles. The van der Waals surface area contributed by atoms with Gasteiger partial charge in [0.2, 0.25) is 0 Å². The third-order valence-electron chi connectivity index (χ3n) is 5.53. The molecule has 0 spiro atoms. The summed E-state index contributed by atoms with van der Waals surface area (Å²) in [4.78, 5) is 25.9. The standard InChI is InChI=1S/C24H31N7O2S/c1-13-10-11-16(34-13)18(24(2,3)4)28-22-21(29-19-20(30-22)26-12-25-19)27-15-9-7-8-14(17(15)32)23(33)31(5)6/h7-11,18,32H,12H2,1-6H3,(H2,25,27,29)(H2,26,28,30)/t18-/m0/s1. The summed E-state index contributed by atoms with van der Waals surface area (Å²) in [5.41, 5.74) is 0.469. The second-order valence-electron chi connectivity index (χ2n) is 9.57. The number of carbonyl (C=O) groups excluding carboxylic acids is 1. The number of nitrogens with zero attached hydrogens (tertiary/aromatic N) is 3. The van der Waals surface area contributed by atoms with Gasteiger partial charge in [0.05, 0.1) is 24.0 Å². The van der Waals surface area contributed by atoms with Crippen LogP contribution in [-0.4, -0.2) is 46.6 Å². The molecular formula is C24H31N7O2S. The number of carbonyl (C=O) groups is 1. The van der Waals surface area contributed by atoms with Gasteiger partial charge in [-0.2, -0.15) is 0 Å². The molecule has 0 radical (unpaired) electrons. The molecule has 0 unspecified atom stereocenters. The summed E-state index contributed by atoms with van der Waals surface area (Å²) in [7, 11) is 3.29. The van der Waals surface area contributed by atoms with Gasteiger partial charge in [-0.05, 0) is 36.6 Å². The number of phenols is 1. The van der Waals surface area contributed by atoms with E-state index >= 15 is 0 Å². The molecule has 180 valence electrons. The van der Waals surface area contributed by atoms with Crippen molar-refractivity contribution in [2.45, 2.75) is 33.7 Å². The monoisotopic (exact) mass is 481 g/mol. The molecule has 0 saturated heterocycles. The first-order chi connectivity index (χ1) is 16.0. The Morgan fingerprint density at radius 2 is 1.79 bits per heavy atom. The summed E-state index contributed by atoms with van der Waals surface area (Å²) >= 11 is 1.75. The minimum Gasteiger partial charge on any atom is -0.505 e. The third kappa shape index (κ3) is 4.72. The average Bonchev–Trinajstić information content (AvgIpc) is 3.40. The summed E-state index contributed by atoms with van der Waals surface area (Å²) in [6.07, 6.45) is 0. The van der Waals surface area contributed by atoms with Gasteiger partial charge in [-0.1, -0.05) is 26.8 Å². The SMILES string of the molecule is Cc1ccc([C@H](Nc2nc3c(nc2Nc2cccc(C(=O)N(C)C)c2O)NCN3)C(C)(C)C)s1. The lowest BCUT2D eigenvalue weighted by molar-refractivity contribution is 0.0824. The van der Waals surface area contributed by atoms with Crippen LogP contribution in [0.4, 0.5) is 29.0 Å². The number of aromatic hydroxyl groups is 1. The number of hydrogen-bond acceptors (Lipinski definition) is 9. The molecule has 1 aliphatic rings. The summed E-state index contributed by atoms with van der Waals surface area (Å²) in [6.45, 7) is 9.15. The van der Waals surface area contributed by atoms with E-state index in [1.807, 2.05) is 0 Å². The number of rotatable bonds is 6. The normalized spacial score (nSPS) is 13.5. The zero-order valence-corrected chi connectivity index (χ0v) is 21.1. The number of anilines is 5. The second-order valence-corrected chi connectivity index (χ2v) is 10.9. The van der Waals surface area contributed by atoms with Crippen LogP contribution < -0.4 is 21.3 Å². The lowest BCUT2D eigenvalue weighted by atomic mass is 9.86. The molecular weight excluding hydrogens is 450 g/mol. The Kier molecular flexibility index (Phi) is 6.26. The number of fused-ring (bicyclic) bond motifs is 1. The molecule has 0 aliphatic carbocycles. The molecule has 0 fully saturated rings. The van der Waals surface area contributed by atoms with E-state index in [0.29, 0.717) is 35.6 Å². The van der Waals surface area contributed by atoms with E-state index < -0.39 is 0 Å². The molecule has 10 heteroatoms. The Hall–Kier alpha value is -3.53. The fourth-order valence-corrected chi connectivity index (χ4v) is 4.90. The maximum absolute atomic E-state index is 12.5. The van der Waals surface area contributed by atoms with Gasteiger partial charge in [0.1, 0.15) is 0 Å². The fourth-order valence-electron chi connectivity index (χ4n) is 3.73. The van der Waals surface area contributed by atoms with Crippen molar-refractivity contribution in [2.75, 3.05) is 42.0 Å². The first-order valence-corrected chi connectivity index (χ1v) is 11.9. The Morgan fingerprint density at radius 3 is 2.38 bits per heavy atom. The third-order valence-corrected chi connectivity index (χ3v) is 6.59. The van der Waals surface area contributed by atoms with Gasteiger partial charge in [-0.25, -0.2) is 9.97 Å². The molecule has 9 nitrogen and oxygen atoms in total. The summed E-state index contributed by atoms with van der Waals surface area (Å²) in [5.74, 6) is 1.84. The molecule has 1 aromatic carbocycles. The van der Waals surface area contributed by atoms with Crippen LogP contribution in [0.15, 0.2) is 30.3 Å². The molecule has 34 heavy (non-hydrogen) atoms. The van der Waals surface area contributed by atoms with Crippen LogP contribution in [0.2, 0.25) is 0 Å². The van der Waals surface area contributed by atoms with Crippen molar-refractivity contribution in [3.63, 3.8) is 0 Å². The number of thiophene rings is 1. The van der Waals surface area contributed by atoms with Crippen molar-refractivity contribution in [1.82, 2.24) is 14.9 Å². The number of aromatic nitrogens is 2. The summed E-state index contributed by atoms with van der Waals surface area (Å²) in [5, 5.41) is 24.0. The topological polar surface area (TPSA) is 114 Å². The minimum atomic E-state index is -0.286. The number of amides is 1. The van der Waals surface area contributed by atoms with E-state index in [4.69, 9.17) is 9.97 Å². The number of nitrogens with one attached hydrogen (secondary N) is 4. The Morgan fingerprint density at radius 1 is 1.12 bits per heavy atom. The predicted molar refractivity (Wildman–Crippen MR) is 138 cm³/mol. The Balaban J connectivity index is 1.75. The van der Waals surface area contributed by atoms with Crippen LogP contribution in [0.25, 0.3) is 0 Å². The Bertz CT molecular complexity index is 1220. The van der Waals surface area contributed by atoms with Crippen molar-refractivity contribution in [3.05, 3.63) is 45.6 Å². The first kappa shape index (κ1) is 23.6. The van der Waals surface area contributed by atoms with Crippen LogP contribution in [0.3, 0.4) is 0 Å². The van der Waals surface area contributed by atoms with E-state index in [1.165, 1.54) is 14.7 Å². The van der Waals surface area contributed by atoms with Crippen LogP contribution >= 0.6 is 11.3 Å². The molecule has 0 bridgehead atoms. The van der Waals surface area contributed by atoms with Crippen LogP contribution in [-0.2, 0) is 0 Å². The molecule has 1 amide bonds. The molecule has 1 atom stereocenters. The van der Waals surface area contributed by atoms with E-state index in [0.717, 1.165) is 0 Å². The lowest BCUT2D eigenvalue weighted by Crippen LogP contribution is -2.26. The first-order valence-electron chi connectivity index (χ1n) is 11.1. The second kappa shape index (κ2) is 9.02. The summed E-state index contributed by atoms with van der Waals surface area (Å²) in [6, 6.07) is 9.25. The van der Waals surface area contributed by atoms with Gasteiger partial charge in [-0.15, -0.1) is 11.3 Å². The van der Waals surface area contributed by atoms with Gasteiger partial charge in [0, 0.05) is 23.8 Å². The van der Waals surface area contributed by atoms with Crippen molar-refractivity contribution in [1.29, 1.82) is 0 Å². The number of benzene rings is 1. The molecule has 3 heterocycles. The van der Waals surface area contributed by atoms with Crippen molar-refractivity contribution < 1.29 is 9.90 Å². The summed E-state index contributed by atoms with van der Waals surface area (Å²) < 4.78 is 0. The molecule has 4 rings (SSSR count). The highest BCUT2D eigenvalue weighted by atomic mass is 32.1. The number of hydrogen-bond donors (Lipinski definition) is 5. The van der Waals surface area contributed by atoms with Gasteiger partial charge < -0.3 is 31.3 Å². The number of para-hydroxylation sites is 1. The minimum absolute atomic E-state index is 0.0243. The maximum atomic E-state index is 12.5. The van der Waals surface area contributed by atoms with E-state index in [9.17, 15) is 9.90 Å². The van der Waals surface area contributed by atoms with E-state index in [2.05, 4.69) is 61.1 Å². The van der Waals surface area contributed by atoms with Crippen LogP contribution in [0.1, 0.15) is 46.9 Å². The smallest absolute Gasteiger partial charge is 0.257 e. The van der Waals surface area contributed by atoms with E-state index in [1.54, 1.807) is 43.6 Å². The van der Waals surface area contributed by atoms with Gasteiger partial charge >= 0.3 is 0 Å². The van der Waals surface area contributed by atoms with Gasteiger partial charge in [0.15, 0.2) is 29.0 Å². The molecule has 3 aromatic rings. The Labute approximate surface area is 203 Å². The van der Waals surface area contributed by atoms with Gasteiger partial charge in [-0.3, -0.25) is 4.79 Å². The largest absolute Gasteiger partial charge is 0.505 e. The molecule has 5 N–H and O–H groups in total. The highest BCUT2D eigenvalue weighted by Crippen LogP contribution is 2.42. The highest BCUT2D eigenvalue weighted by molar-refractivity contribution is 7.12. The quantitative estimate of drug-likeness (QED) is 0.313. The zero-order valence-electron chi connectivity index (χ0n) is 20.3. The average molecular weight is 482 g/mol. The predicted octanol–water partition coefficient (Wildman–Crippen LogP) is 4.99. The zero-order chi connectivity index (χ0) is 24.6. The lowest BCUT2D eigenvalue weighted by Gasteiger charge is -2.32.